The second kappa shape index (κ2) is 6.30. The molecule has 2 rings (SSSR count). The van der Waals surface area contributed by atoms with Gasteiger partial charge in [0.25, 0.3) is 0 Å². The highest BCUT2D eigenvalue weighted by Gasteiger charge is 2.23. The number of rotatable bonds is 3. The number of halogens is 1. The van der Waals surface area contributed by atoms with Crippen LogP contribution < -0.4 is 11.3 Å². The zero-order valence-electron chi connectivity index (χ0n) is 11.1. The number of aryl methyl sites for hydroxylation is 1. The number of hydrogen-bond acceptors (Lipinski definition) is 2. The predicted octanol–water partition coefficient (Wildman–Crippen LogP) is 3.61. The first-order valence-corrected chi connectivity index (χ1v) is 6.94. The number of benzene rings is 1. The van der Waals surface area contributed by atoms with Crippen LogP contribution in [0.2, 0.25) is 0 Å². The molecule has 1 unspecified atom stereocenters. The van der Waals surface area contributed by atoms with Gasteiger partial charge in [0.1, 0.15) is 5.82 Å². The molecular formula is C15H23FN2. The third-order valence-electron chi connectivity index (χ3n) is 4.09. The van der Waals surface area contributed by atoms with Crippen LogP contribution in [-0.2, 0) is 0 Å². The second-order valence-electron chi connectivity index (χ2n) is 5.40. The molecule has 0 amide bonds. The predicted molar refractivity (Wildman–Crippen MR) is 72.4 cm³/mol. The first kappa shape index (κ1) is 13.5. The lowest BCUT2D eigenvalue weighted by molar-refractivity contribution is 0.328. The molecule has 0 saturated heterocycles. The molecule has 1 aliphatic carbocycles. The maximum Gasteiger partial charge on any atom is 0.126 e. The molecule has 0 bridgehead atoms. The van der Waals surface area contributed by atoms with E-state index in [-0.39, 0.29) is 11.9 Å². The molecule has 100 valence electrons. The summed E-state index contributed by atoms with van der Waals surface area (Å²) in [5.74, 6) is 6.16. The Kier molecular flexibility index (Phi) is 4.72. The van der Waals surface area contributed by atoms with Gasteiger partial charge in [0.05, 0.1) is 0 Å². The fourth-order valence-electron chi connectivity index (χ4n) is 3.01. The minimum absolute atomic E-state index is 0.143. The Morgan fingerprint density at radius 1 is 1.22 bits per heavy atom. The Balaban J connectivity index is 2.17. The maximum atomic E-state index is 13.3. The summed E-state index contributed by atoms with van der Waals surface area (Å²) in [4.78, 5) is 0. The molecule has 0 heterocycles. The van der Waals surface area contributed by atoms with Gasteiger partial charge in [0, 0.05) is 6.04 Å². The van der Waals surface area contributed by atoms with Gasteiger partial charge in [-0.1, -0.05) is 37.8 Å². The maximum absolute atomic E-state index is 13.3. The van der Waals surface area contributed by atoms with Crippen molar-refractivity contribution in [1.82, 2.24) is 5.43 Å². The van der Waals surface area contributed by atoms with Crippen LogP contribution in [0.5, 0.6) is 0 Å². The Morgan fingerprint density at radius 2 is 1.89 bits per heavy atom. The van der Waals surface area contributed by atoms with Crippen molar-refractivity contribution in [1.29, 1.82) is 0 Å². The van der Waals surface area contributed by atoms with E-state index in [0.29, 0.717) is 11.5 Å². The number of nitrogens with two attached hydrogens (primary N) is 1. The van der Waals surface area contributed by atoms with E-state index >= 15 is 0 Å². The first-order chi connectivity index (χ1) is 8.72. The van der Waals surface area contributed by atoms with Crippen molar-refractivity contribution in [3.63, 3.8) is 0 Å². The molecule has 0 aliphatic heterocycles. The molecule has 1 fully saturated rings. The monoisotopic (exact) mass is 250 g/mol. The van der Waals surface area contributed by atoms with Gasteiger partial charge in [-0.05, 0) is 42.9 Å². The average molecular weight is 250 g/mol. The summed E-state index contributed by atoms with van der Waals surface area (Å²) in [6.07, 6.45) is 7.65. The topological polar surface area (TPSA) is 38.0 Å². The molecular weight excluding hydrogens is 227 g/mol. The van der Waals surface area contributed by atoms with E-state index in [4.69, 9.17) is 5.84 Å². The quantitative estimate of drug-likeness (QED) is 0.488. The fourth-order valence-corrected chi connectivity index (χ4v) is 3.01. The summed E-state index contributed by atoms with van der Waals surface area (Å²) < 4.78 is 13.3. The Hall–Kier alpha value is -0.930. The van der Waals surface area contributed by atoms with Gasteiger partial charge in [-0.25, -0.2) is 4.39 Å². The molecule has 0 aromatic heterocycles. The van der Waals surface area contributed by atoms with E-state index in [2.05, 4.69) is 5.43 Å². The standard InChI is InChI=1S/C15H23FN2/c1-11-10-13(8-9-14(11)16)15(18-17)12-6-4-2-3-5-7-12/h8-10,12,15,18H,2-7,17H2,1H3. The lowest BCUT2D eigenvalue weighted by atomic mass is 9.87. The lowest BCUT2D eigenvalue weighted by Gasteiger charge is -2.26. The van der Waals surface area contributed by atoms with E-state index in [1.165, 1.54) is 38.5 Å². The van der Waals surface area contributed by atoms with Gasteiger partial charge in [-0.15, -0.1) is 0 Å². The van der Waals surface area contributed by atoms with Gasteiger partial charge < -0.3 is 0 Å². The van der Waals surface area contributed by atoms with Gasteiger partial charge >= 0.3 is 0 Å². The highest BCUT2D eigenvalue weighted by Crippen LogP contribution is 2.33. The van der Waals surface area contributed by atoms with Crippen LogP contribution >= 0.6 is 0 Å². The molecule has 0 radical (unpaired) electrons. The molecule has 3 N–H and O–H groups in total. The number of hydrogen-bond donors (Lipinski definition) is 2. The van der Waals surface area contributed by atoms with Crippen molar-refractivity contribution < 1.29 is 4.39 Å². The number of hydrazine groups is 1. The zero-order chi connectivity index (χ0) is 13.0. The van der Waals surface area contributed by atoms with Crippen LogP contribution in [0, 0.1) is 18.7 Å². The highest BCUT2D eigenvalue weighted by atomic mass is 19.1. The summed E-state index contributed by atoms with van der Waals surface area (Å²) >= 11 is 0. The molecule has 1 saturated carbocycles. The van der Waals surface area contributed by atoms with E-state index in [1.54, 1.807) is 13.0 Å². The minimum Gasteiger partial charge on any atom is -0.271 e. The SMILES string of the molecule is Cc1cc(C(NN)C2CCCCCC2)ccc1F. The highest BCUT2D eigenvalue weighted by molar-refractivity contribution is 5.27. The zero-order valence-corrected chi connectivity index (χ0v) is 11.1. The van der Waals surface area contributed by atoms with Crippen LogP contribution in [0.25, 0.3) is 0 Å². The van der Waals surface area contributed by atoms with Crippen LogP contribution in [0.1, 0.15) is 55.7 Å². The summed E-state index contributed by atoms with van der Waals surface area (Å²) in [5.41, 5.74) is 4.75. The van der Waals surface area contributed by atoms with Gasteiger partial charge in [0.2, 0.25) is 0 Å². The van der Waals surface area contributed by atoms with E-state index in [9.17, 15) is 4.39 Å². The molecule has 0 spiro atoms. The molecule has 18 heavy (non-hydrogen) atoms. The Bertz CT molecular complexity index is 384. The van der Waals surface area contributed by atoms with E-state index < -0.39 is 0 Å². The molecule has 2 nitrogen and oxygen atoms in total. The second-order valence-corrected chi connectivity index (χ2v) is 5.40. The van der Waals surface area contributed by atoms with Crippen LogP contribution in [-0.4, -0.2) is 0 Å². The third-order valence-corrected chi connectivity index (χ3v) is 4.09. The summed E-state index contributed by atoms with van der Waals surface area (Å²) in [6, 6.07) is 5.48. The van der Waals surface area contributed by atoms with Crippen LogP contribution in [0.3, 0.4) is 0 Å². The van der Waals surface area contributed by atoms with Gasteiger partial charge in [-0.2, -0.15) is 0 Å². The van der Waals surface area contributed by atoms with Gasteiger partial charge in [-0.3, -0.25) is 11.3 Å². The summed E-state index contributed by atoms with van der Waals surface area (Å²) in [6.45, 7) is 1.81. The summed E-state index contributed by atoms with van der Waals surface area (Å²) in [7, 11) is 0. The van der Waals surface area contributed by atoms with Crippen LogP contribution in [0.4, 0.5) is 4.39 Å². The molecule has 1 aromatic carbocycles. The van der Waals surface area contributed by atoms with Crippen molar-refractivity contribution >= 4 is 0 Å². The minimum atomic E-state index is -0.143. The largest absolute Gasteiger partial charge is 0.271 e. The molecule has 1 aromatic rings. The smallest absolute Gasteiger partial charge is 0.126 e. The first-order valence-electron chi connectivity index (χ1n) is 6.94. The van der Waals surface area contributed by atoms with E-state index in [0.717, 1.165) is 5.56 Å². The van der Waals surface area contributed by atoms with Crippen molar-refractivity contribution in [3.8, 4) is 0 Å². The summed E-state index contributed by atoms with van der Waals surface area (Å²) in [5, 5.41) is 0. The molecule has 1 atom stereocenters. The lowest BCUT2D eigenvalue weighted by Crippen LogP contribution is -2.33. The van der Waals surface area contributed by atoms with Crippen molar-refractivity contribution in [2.45, 2.75) is 51.5 Å². The average Bonchev–Trinajstić information content (AvgIpc) is 2.64. The number of nitrogens with one attached hydrogen (secondary N) is 1. The van der Waals surface area contributed by atoms with Crippen LogP contribution in [0.15, 0.2) is 18.2 Å². The van der Waals surface area contributed by atoms with Crippen molar-refractivity contribution in [2.24, 2.45) is 11.8 Å². The molecule has 3 heteroatoms. The fraction of sp³-hybridized carbons (Fsp3) is 0.600. The molecule has 1 aliphatic rings. The third kappa shape index (κ3) is 3.09. The van der Waals surface area contributed by atoms with E-state index in [1.807, 2.05) is 12.1 Å². The van der Waals surface area contributed by atoms with Crippen molar-refractivity contribution in [2.75, 3.05) is 0 Å². The van der Waals surface area contributed by atoms with Crippen molar-refractivity contribution in [3.05, 3.63) is 35.1 Å². The normalized spacial score (nSPS) is 19.5. The Morgan fingerprint density at radius 3 is 2.44 bits per heavy atom. The Labute approximate surface area is 109 Å². The van der Waals surface area contributed by atoms with Gasteiger partial charge in [0.15, 0.2) is 0 Å².